The molecular formula is C14H22N2O6S. The average Bonchev–Trinajstić information content (AvgIpc) is 2.88. The maximum atomic E-state index is 12.4. The lowest BCUT2D eigenvalue weighted by molar-refractivity contribution is -0.149. The highest BCUT2D eigenvalue weighted by Crippen LogP contribution is 2.24. The quantitative estimate of drug-likeness (QED) is 0.728. The Labute approximate surface area is 138 Å². The normalized spacial score (nSPS) is 21.6. The van der Waals surface area contributed by atoms with Gasteiger partial charge in [-0.25, -0.2) is 9.59 Å². The first-order valence-electron chi connectivity index (χ1n) is 7.37. The summed E-state index contributed by atoms with van der Waals surface area (Å²) in [6, 6.07) is -1.02. The molecule has 1 fully saturated rings. The third-order valence-electron chi connectivity index (χ3n) is 3.38. The number of nitrogens with zero attached hydrogens (tertiary/aromatic N) is 1. The van der Waals surface area contributed by atoms with Crippen molar-refractivity contribution in [3.8, 4) is 0 Å². The number of aliphatic carboxylic acids is 1. The van der Waals surface area contributed by atoms with E-state index < -0.39 is 30.1 Å². The maximum absolute atomic E-state index is 12.4. The molecule has 1 aliphatic rings. The number of carbonyl (C=O) groups excluding carboxylic acids is 3. The monoisotopic (exact) mass is 346 g/mol. The molecule has 8 nitrogen and oxygen atoms in total. The van der Waals surface area contributed by atoms with Crippen LogP contribution in [0.5, 0.6) is 0 Å². The first-order chi connectivity index (χ1) is 10.8. The minimum Gasteiger partial charge on any atom is -0.480 e. The van der Waals surface area contributed by atoms with E-state index in [0.717, 1.165) is 11.8 Å². The molecule has 0 aromatic carbocycles. The summed E-state index contributed by atoms with van der Waals surface area (Å²) >= 11 is 1.02. The topological polar surface area (TPSA) is 113 Å². The van der Waals surface area contributed by atoms with E-state index in [4.69, 9.17) is 4.74 Å². The van der Waals surface area contributed by atoms with Gasteiger partial charge in [-0.15, -0.1) is 0 Å². The van der Waals surface area contributed by atoms with Gasteiger partial charge in [0.25, 0.3) is 0 Å². The van der Waals surface area contributed by atoms with Crippen molar-refractivity contribution in [2.75, 3.05) is 18.8 Å². The Morgan fingerprint density at radius 1 is 1.39 bits per heavy atom. The van der Waals surface area contributed by atoms with Crippen LogP contribution in [-0.4, -0.2) is 64.1 Å². The van der Waals surface area contributed by atoms with Crippen LogP contribution in [0.1, 0.15) is 27.2 Å². The van der Waals surface area contributed by atoms with Gasteiger partial charge >= 0.3 is 12.1 Å². The van der Waals surface area contributed by atoms with E-state index >= 15 is 0 Å². The second kappa shape index (κ2) is 8.76. The third kappa shape index (κ3) is 5.74. The molecule has 1 aliphatic heterocycles. The minimum absolute atomic E-state index is 0.0437. The number of thioether (sulfide) groups is 1. The number of ether oxygens (including phenoxy) is 1. The molecule has 0 aromatic rings. The lowest BCUT2D eigenvalue weighted by atomic mass is 10.1. The number of rotatable bonds is 6. The second-order valence-electron chi connectivity index (χ2n) is 5.34. The molecule has 0 saturated carbocycles. The van der Waals surface area contributed by atoms with Crippen LogP contribution in [-0.2, 0) is 19.1 Å². The van der Waals surface area contributed by atoms with E-state index in [1.54, 1.807) is 13.8 Å². The summed E-state index contributed by atoms with van der Waals surface area (Å²) in [6.45, 7) is 5.24. The Kier molecular flexibility index (Phi) is 7.34. The van der Waals surface area contributed by atoms with Gasteiger partial charge in [-0.05, 0) is 6.92 Å². The van der Waals surface area contributed by atoms with Gasteiger partial charge in [0.15, 0.2) is 5.12 Å². The summed E-state index contributed by atoms with van der Waals surface area (Å²) in [5.74, 6) is -1.69. The Morgan fingerprint density at radius 2 is 2.04 bits per heavy atom. The first kappa shape index (κ1) is 19.3. The van der Waals surface area contributed by atoms with Crippen molar-refractivity contribution < 1.29 is 29.0 Å². The van der Waals surface area contributed by atoms with E-state index in [9.17, 15) is 24.3 Å². The number of carboxylic acids is 1. The average molecular weight is 346 g/mol. The van der Waals surface area contributed by atoms with Gasteiger partial charge < -0.3 is 20.1 Å². The number of carboxylic acid groups (broad SMARTS) is 1. The standard InChI is InChI=1S/C14H22N2O6S/c1-4-15-14(21)22-10-5-11(13(19)20)16(6-10)12(18)8(2)7-23-9(3)17/h8,10-11H,4-7H2,1-3H3,(H,15,21)(H,19,20)/t8?,10-,11-/m0/s1. The van der Waals surface area contributed by atoms with E-state index in [0.29, 0.717) is 12.3 Å². The predicted octanol–water partition coefficient (Wildman–Crippen LogP) is 0.702. The summed E-state index contributed by atoms with van der Waals surface area (Å²) in [6.07, 6.45) is -1.22. The fraction of sp³-hybridized carbons (Fsp3) is 0.714. The van der Waals surface area contributed by atoms with Crippen LogP contribution in [0.4, 0.5) is 4.79 Å². The van der Waals surface area contributed by atoms with Crippen molar-refractivity contribution in [3.63, 3.8) is 0 Å². The van der Waals surface area contributed by atoms with E-state index in [-0.39, 0.29) is 24.0 Å². The SMILES string of the molecule is CCNC(=O)O[C@H]1C[C@@H](C(=O)O)N(C(=O)C(C)CSC(C)=O)C1. The maximum Gasteiger partial charge on any atom is 0.407 e. The fourth-order valence-corrected chi connectivity index (χ4v) is 2.92. The largest absolute Gasteiger partial charge is 0.480 e. The van der Waals surface area contributed by atoms with Crippen molar-refractivity contribution in [2.24, 2.45) is 5.92 Å². The highest BCUT2D eigenvalue weighted by molar-refractivity contribution is 8.13. The number of carbonyl (C=O) groups is 4. The molecule has 2 amide bonds. The fourth-order valence-electron chi connectivity index (χ4n) is 2.29. The second-order valence-corrected chi connectivity index (χ2v) is 6.54. The van der Waals surface area contributed by atoms with Crippen LogP contribution in [0, 0.1) is 5.92 Å². The van der Waals surface area contributed by atoms with Crippen LogP contribution >= 0.6 is 11.8 Å². The Morgan fingerprint density at radius 3 is 2.57 bits per heavy atom. The summed E-state index contributed by atoms with van der Waals surface area (Å²) < 4.78 is 5.12. The number of nitrogens with one attached hydrogen (secondary N) is 1. The molecule has 1 rings (SSSR count). The van der Waals surface area contributed by atoms with Gasteiger partial charge in [-0.3, -0.25) is 9.59 Å². The summed E-state index contributed by atoms with van der Waals surface area (Å²) in [7, 11) is 0. The highest BCUT2D eigenvalue weighted by atomic mass is 32.2. The molecule has 1 saturated heterocycles. The molecule has 0 aliphatic carbocycles. The van der Waals surface area contributed by atoms with Crippen molar-refractivity contribution in [3.05, 3.63) is 0 Å². The molecule has 23 heavy (non-hydrogen) atoms. The summed E-state index contributed by atoms with van der Waals surface area (Å²) in [5, 5.41) is 11.6. The van der Waals surface area contributed by atoms with E-state index in [2.05, 4.69) is 5.32 Å². The molecular weight excluding hydrogens is 324 g/mol. The molecule has 9 heteroatoms. The molecule has 1 unspecified atom stereocenters. The molecule has 0 bridgehead atoms. The van der Waals surface area contributed by atoms with Crippen LogP contribution in [0.15, 0.2) is 0 Å². The van der Waals surface area contributed by atoms with Crippen molar-refractivity contribution in [1.29, 1.82) is 0 Å². The molecule has 0 aromatic heterocycles. The van der Waals surface area contributed by atoms with Crippen LogP contribution in [0.3, 0.4) is 0 Å². The van der Waals surface area contributed by atoms with E-state index in [1.807, 2.05) is 0 Å². The lowest BCUT2D eigenvalue weighted by Crippen LogP contribution is -2.43. The van der Waals surface area contributed by atoms with Crippen molar-refractivity contribution >= 4 is 34.8 Å². The zero-order valence-corrected chi connectivity index (χ0v) is 14.2. The molecule has 3 atom stereocenters. The molecule has 2 N–H and O–H groups in total. The smallest absolute Gasteiger partial charge is 0.407 e. The third-order valence-corrected chi connectivity index (χ3v) is 4.46. The number of amides is 2. The summed E-state index contributed by atoms with van der Waals surface area (Å²) in [5.41, 5.74) is 0. The number of likely N-dealkylation sites (tertiary alicyclic amines) is 1. The highest BCUT2D eigenvalue weighted by Gasteiger charge is 2.42. The van der Waals surface area contributed by atoms with Crippen molar-refractivity contribution in [2.45, 2.75) is 39.3 Å². The molecule has 0 radical (unpaired) electrons. The zero-order chi connectivity index (χ0) is 17.6. The Balaban J connectivity index is 2.70. The number of alkyl carbamates (subject to hydrolysis) is 1. The first-order valence-corrected chi connectivity index (χ1v) is 8.35. The van der Waals surface area contributed by atoms with Crippen LogP contribution in [0.25, 0.3) is 0 Å². The van der Waals surface area contributed by atoms with E-state index in [1.165, 1.54) is 11.8 Å². The predicted molar refractivity (Wildman–Crippen MR) is 84.0 cm³/mol. The van der Waals surface area contributed by atoms with Gasteiger partial charge in [0.1, 0.15) is 12.1 Å². The van der Waals surface area contributed by atoms with Gasteiger partial charge in [0.05, 0.1) is 6.54 Å². The van der Waals surface area contributed by atoms with Crippen LogP contribution < -0.4 is 5.32 Å². The number of hydrogen-bond acceptors (Lipinski definition) is 6. The zero-order valence-electron chi connectivity index (χ0n) is 13.4. The molecule has 0 spiro atoms. The van der Waals surface area contributed by atoms with Crippen molar-refractivity contribution in [1.82, 2.24) is 10.2 Å². The van der Waals surface area contributed by atoms with Gasteiger partial charge in [-0.1, -0.05) is 18.7 Å². The Hall–Kier alpha value is -1.77. The lowest BCUT2D eigenvalue weighted by Gasteiger charge is -2.24. The van der Waals surface area contributed by atoms with Gasteiger partial charge in [0.2, 0.25) is 5.91 Å². The Bertz CT molecular complexity index is 484. The minimum atomic E-state index is -1.13. The van der Waals surface area contributed by atoms with Crippen LogP contribution in [0.2, 0.25) is 0 Å². The van der Waals surface area contributed by atoms with Gasteiger partial charge in [-0.2, -0.15) is 0 Å². The van der Waals surface area contributed by atoms with Gasteiger partial charge in [0, 0.05) is 31.6 Å². The number of hydrogen-bond donors (Lipinski definition) is 2. The molecule has 130 valence electrons. The molecule has 1 heterocycles. The summed E-state index contributed by atoms with van der Waals surface area (Å²) in [4.78, 5) is 47.4.